The van der Waals surface area contributed by atoms with Gasteiger partial charge in [0.05, 0.1) is 29.2 Å². The molecule has 0 spiro atoms. The summed E-state index contributed by atoms with van der Waals surface area (Å²) in [7, 11) is 1.60. The minimum Gasteiger partial charge on any atom is -0.496 e. The van der Waals surface area contributed by atoms with Crippen LogP contribution in [0.25, 0.3) is 5.57 Å². The summed E-state index contributed by atoms with van der Waals surface area (Å²) in [6.07, 6.45) is 9.49. The fourth-order valence-corrected chi connectivity index (χ4v) is 10.9. The predicted octanol–water partition coefficient (Wildman–Crippen LogP) is 6.54. The highest BCUT2D eigenvalue weighted by Gasteiger charge is 2.74. The number of allylic oxidation sites excluding steroid dienone is 1. The molecule has 0 radical (unpaired) electrons. The molecule has 2 aromatic heterocycles. The van der Waals surface area contributed by atoms with Gasteiger partial charge in [-0.1, -0.05) is 30.8 Å². The zero-order chi connectivity index (χ0) is 31.7. The van der Waals surface area contributed by atoms with E-state index in [2.05, 4.69) is 46.4 Å². The zero-order valence-electron chi connectivity index (χ0n) is 25.8. The third-order valence-electron chi connectivity index (χ3n) is 10.6. The molecule has 9 rings (SSSR count). The Morgan fingerprint density at radius 2 is 1.91 bits per heavy atom. The fraction of sp³-hybridized carbons (Fsp3) is 0.324. The summed E-state index contributed by atoms with van der Waals surface area (Å²) < 4.78 is 16.6. The number of thioether (sulfide) groups is 1. The van der Waals surface area contributed by atoms with Gasteiger partial charge >= 0.3 is 0 Å². The number of Topliss-reactive ketones (excluding diaryl/α,β-unsaturated/α-hetero) is 1. The number of ether oxygens (including phenoxy) is 3. The number of aromatic nitrogens is 2. The van der Waals surface area contributed by atoms with Crippen molar-refractivity contribution < 1.29 is 23.8 Å². The summed E-state index contributed by atoms with van der Waals surface area (Å²) in [5, 5.41) is 2.97. The molecule has 2 N–H and O–H groups in total. The van der Waals surface area contributed by atoms with Gasteiger partial charge in [-0.15, -0.1) is 11.8 Å². The lowest BCUT2D eigenvalue weighted by Gasteiger charge is -2.59. The summed E-state index contributed by atoms with van der Waals surface area (Å²) in [5.41, 5.74) is 3.59. The number of ketones is 1. The average Bonchev–Trinajstić information content (AvgIpc) is 3.74. The van der Waals surface area contributed by atoms with Gasteiger partial charge in [0, 0.05) is 46.3 Å². The Hall–Kier alpha value is -4.50. The van der Waals surface area contributed by atoms with Crippen molar-refractivity contribution in [2.75, 3.05) is 25.6 Å². The van der Waals surface area contributed by atoms with Crippen LogP contribution in [0.4, 0.5) is 5.69 Å². The number of methoxy groups -OCH3 is 1. The lowest BCUT2D eigenvalue weighted by Crippen LogP contribution is -2.61. The molecule has 1 saturated heterocycles. The van der Waals surface area contributed by atoms with Gasteiger partial charge in [-0.25, -0.2) is 0 Å². The number of pyridine rings is 1. The average molecular weight is 634 g/mol. The van der Waals surface area contributed by atoms with Crippen molar-refractivity contribution in [2.24, 2.45) is 5.41 Å². The lowest BCUT2D eigenvalue weighted by molar-refractivity contribution is -0.131. The molecule has 46 heavy (non-hydrogen) atoms. The molecule has 2 fully saturated rings. The van der Waals surface area contributed by atoms with Crippen LogP contribution in [0.1, 0.15) is 54.4 Å². The number of nitrogens with one attached hydrogen (secondary N) is 2. The highest BCUT2D eigenvalue weighted by molar-refractivity contribution is 8.02. The van der Waals surface area contributed by atoms with Gasteiger partial charge in [-0.05, 0) is 73.2 Å². The van der Waals surface area contributed by atoms with Gasteiger partial charge in [0.2, 0.25) is 5.91 Å². The Morgan fingerprint density at radius 3 is 2.72 bits per heavy atom. The molecular weight excluding hydrogens is 598 g/mol. The SMILES string of the molecule is C=C(C(=O)C1(C)CC2(C(=O)Nc3cccnc3)C3CCC(c4ccc5c(c4)OCCO5)(c4c[nH]cc43)C2S1)c1ccccc1OC. The molecule has 2 aromatic carbocycles. The van der Waals surface area contributed by atoms with Crippen molar-refractivity contribution in [2.45, 2.75) is 47.5 Å². The van der Waals surface area contributed by atoms with Crippen molar-refractivity contribution in [3.05, 3.63) is 108 Å². The van der Waals surface area contributed by atoms with Crippen LogP contribution in [0.5, 0.6) is 17.2 Å². The van der Waals surface area contributed by atoms with E-state index in [1.54, 1.807) is 31.3 Å². The van der Waals surface area contributed by atoms with Gasteiger partial charge in [-0.2, -0.15) is 0 Å². The third-order valence-corrected chi connectivity index (χ3v) is 12.5. The highest BCUT2D eigenvalue weighted by atomic mass is 32.2. The van der Waals surface area contributed by atoms with Crippen LogP contribution in [0.2, 0.25) is 0 Å². The number of carbonyl (C=O) groups excluding carboxylic acids is 2. The van der Waals surface area contributed by atoms with E-state index >= 15 is 0 Å². The van der Waals surface area contributed by atoms with E-state index in [0.29, 0.717) is 48.0 Å². The summed E-state index contributed by atoms with van der Waals surface area (Å²) >= 11 is 1.63. The Morgan fingerprint density at radius 1 is 1.09 bits per heavy atom. The number of para-hydroxylation sites is 1. The van der Waals surface area contributed by atoms with Gasteiger partial charge in [0.25, 0.3) is 0 Å². The molecule has 234 valence electrons. The number of hydrogen-bond donors (Lipinski definition) is 2. The van der Waals surface area contributed by atoms with Crippen LogP contribution < -0.4 is 19.5 Å². The molecule has 8 nitrogen and oxygen atoms in total. The van der Waals surface area contributed by atoms with Crippen LogP contribution in [-0.4, -0.2) is 52.0 Å². The van der Waals surface area contributed by atoms with Crippen LogP contribution in [0, 0.1) is 5.41 Å². The second kappa shape index (κ2) is 10.5. The first-order valence-corrected chi connectivity index (χ1v) is 16.5. The van der Waals surface area contributed by atoms with Crippen LogP contribution in [0.3, 0.4) is 0 Å². The van der Waals surface area contributed by atoms with E-state index in [0.717, 1.165) is 29.7 Å². The van der Waals surface area contributed by atoms with E-state index in [1.165, 1.54) is 5.56 Å². The topological polar surface area (TPSA) is 103 Å². The summed E-state index contributed by atoms with van der Waals surface area (Å²) in [6, 6.07) is 17.3. The molecule has 9 heteroatoms. The minimum atomic E-state index is -0.941. The van der Waals surface area contributed by atoms with E-state index in [9.17, 15) is 9.59 Å². The number of hydrogen-bond acceptors (Lipinski definition) is 7. The number of rotatable bonds is 7. The molecule has 5 aliphatic rings. The molecule has 2 aliphatic heterocycles. The number of carbonyl (C=O) groups is 2. The minimum absolute atomic E-state index is 0.0869. The van der Waals surface area contributed by atoms with E-state index in [-0.39, 0.29) is 22.9 Å². The standard InChI is InChI=1S/C37H35N3O5S/c1-22(25-8-4-5-9-29(25)43-3)32(41)35(2)21-37(34(42)40-24-7-6-14-38-18-24)27-12-13-36(33(37)46-35,28-20-39-19-26(27)28)23-10-11-30-31(17-23)45-16-15-44-30/h4-11,14,17-20,27,33,39H,1,12-13,15-16,21H2,2-3H3,(H,40,42). The summed E-state index contributed by atoms with van der Waals surface area (Å²) in [5.74, 6) is 1.76. The van der Waals surface area contributed by atoms with Crippen molar-refractivity contribution in [1.82, 2.24) is 9.97 Å². The number of amides is 1. The maximum Gasteiger partial charge on any atom is 0.232 e. The van der Waals surface area contributed by atoms with Crippen molar-refractivity contribution in [3.63, 3.8) is 0 Å². The predicted molar refractivity (Wildman–Crippen MR) is 178 cm³/mol. The summed E-state index contributed by atoms with van der Waals surface area (Å²) in [6.45, 7) is 7.28. The number of benzene rings is 2. The largest absolute Gasteiger partial charge is 0.496 e. The quantitative estimate of drug-likeness (QED) is 0.223. The third kappa shape index (κ3) is 3.97. The van der Waals surface area contributed by atoms with E-state index < -0.39 is 15.6 Å². The molecule has 5 atom stereocenters. The maximum absolute atomic E-state index is 15.0. The number of nitrogens with zero attached hydrogens (tertiary/aromatic N) is 1. The van der Waals surface area contributed by atoms with Crippen LogP contribution in [0.15, 0.2) is 86.0 Å². The zero-order valence-corrected chi connectivity index (χ0v) is 26.6. The van der Waals surface area contributed by atoms with Gasteiger partial charge in [0.1, 0.15) is 19.0 Å². The van der Waals surface area contributed by atoms with Crippen LogP contribution in [-0.2, 0) is 15.0 Å². The monoisotopic (exact) mass is 633 g/mol. The lowest BCUT2D eigenvalue weighted by atomic mass is 9.45. The van der Waals surface area contributed by atoms with Gasteiger partial charge in [-0.3, -0.25) is 14.6 Å². The van der Waals surface area contributed by atoms with Gasteiger partial charge < -0.3 is 24.5 Å². The second-order valence-electron chi connectivity index (χ2n) is 12.9. The van der Waals surface area contributed by atoms with Crippen molar-refractivity contribution in [1.29, 1.82) is 0 Å². The highest BCUT2D eigenvalue weighted by Crippen LogP contribution is 2.75. The molecule has 4 aromatic rings. The number of anilines is 1. The number of aromatic amines is 1. The first-order valence-electron chi connectivity index (χ1n) is 15.7. The summed E-state index contributed by atoms with van der Waals surface area (Å²) in [4.78, 5) is 37.3. The molecule has 1 saturated carbocycles. The number of fused-ring (bicyclic) bond motifs is 2. The first-order chi connectivity index (χ1) is 22.3. The fourth-order valence-electron chi connectivity index (χ4n) is 8.71. The Labute approximate surface area is 271 Å². The normalized spacial score (nSPS) is 28.6. The molecule has 5 unspecified atom stereocenters. The number of H-pyrrole nitrogens is 1. The molecule has 1 amide bonds. The first kappa shape index (κ1) is 28.9. The van der Waals surface area contributed by atoms with Crippen molar-refractivity contribution in [3.8, 4) is 17.2 Å². The molecule has 3 aliphatic carbocycles. The maximum atomic E-state index is 15.0. The van der Waals surface area contributed by atoms with E-state index in [4.69, 9.17) is 14.2 Å². The Kier molecular flexibility index (Phi) is 6.62. The van der Waals surface area contributed by atoms with Crippen LogP contribution >= 0.6 is 11.8 Å². The Balaban J connectivity index is 1.30. The second-order valence-corrected chi connectivity index (χ2v) is 14.5. The molecular formula is C37H35N3O5S. The molecule has 2 bridgehead atoms. The van der Waals surface area contributed by atoms with Gasteiger partial charge in [0.15, 0.2) is 17.3 Å². The smallest absolute Gasteiger partial charge is 0.232 e. The Bertz CT molecular complexity index is 1890. The van der Waals surface area contributed by atoms with Crippen molar-refractivity contribution >= 4 is 34.7 Å². The molecule has 4 heterocycles. The van der Waals surface area contributed by atoms with E-state index in [1.807, 2.05) is 49.4 Å².